The van der Waals surface area contributed by atoms with E-state index in [1.165, 1.54) is 17.0 Å². The van der Waals surface area contributed by atoms with Gasteiger partial charge in [-0.05, 0) is 29.6 Å². The summed E-state index contributed by atoms with van der Waals surface area (Å²) in [6, 6.07) is 12.1. The van der Waals surface area contributed by atoms with Crippen LogP contribution in [0.4, 0.5) is 22.1 Å². The van der Waals surface area contributed by atoms with Gasteiger partial charge in [-0.2, -0.15) is 5.11 Å². The second-order valence-electron chi connectivity index (χ2n) is 5.15. The van der Waals surface area contributed by atoms with Crippen LogP contribution in [0.5, 0.6) is 0 Å². The molecule has 122 valence electrons. The number of hydrogen-bond donors (Lipinski definition) is 0. The first kappa shape index (κ1) is 16.3. The molecule has 0 amide bonds. The predicted octanol–water partition coefficient (Wildman–Crippen LogP) is 5.87. The molecule has 0 saturated carbocycles. The van der Waals surface area contributed by atoms with Gasteiger partial charge in [-0.25, -0.2) is 0 Å². The predicted molar refractivity (Wildman–Crippen MR) is 99.2 cm³/mol. The molecule has 0 N–H and O–H groups in total. The minimum Gasteiger partial charge on any atom is -0.368 e. The molecule has 0 unspecified atom stereocenters. The number of non-ortho nitro benzene ring substituents is 1. The minimum absolute atomic E-state index is 0.0402. The molecule has 0 saturated heterocycles. The lowest BCUT2D eigenvalue weighted by molar-refractivity contribution is -0.384. The zero-order chi connectivity index (χ0) is 17.1. The van der Waals surface area contributed by atoms with Crippen molar-refractivity contribution in [3.63, 3.8) is 0 Å². The van der Waals surface area contributed by atoms with E-state index in [9.17, 15) is 10.1 Å². The molecular weight excluding hydrogens is 344 g/mol. The van der Waals surface area contributed by atoms with Crippen molar-refractivity contribution in [2.45, 2.75) is 0 Å². The standard InChI is InChI=1S/C16H14N4O2S2/c1-19(2)16-13(10-15(24-16)14-4-3-9-23-14)18-17-11-5-7-12(8-6-11)20(21)22/h3-10H,1-2H3. The Balaban J connectivity index is 1.89. The summed E-state index contributed by atoms with van der Waals surface area (Å²) in [4.78, 5) is 14.6. The Morgan fingerprint density at radius 2 is 1.83 bits per heavy atom. The Hall–Kier alpha value is -2.58. The van der Waals surface area contributed by atoms with Crippen molar-refractivity contribution in [1.29, 1.82) is 0 Å². The summed E-state index contributed by atoms with van der Waals surface area (Å²) < 4.78 is 0. The quantitative estimate of drug-likeness (QED) is 0.325. The van der Waals surface area contributed by atoms with Crippen LogP contribution in [0.3, 0.4) is 0 Å². The van der Waals surface area contributed by atoms with Crippen LogP contribution in [0.1, 0.15) is 0 Å². The molecule has 8 heteroatoms. The first-order chi connectivity index (χ1) is 11.5. The molecule has 6 nitrogen and oxygen atoms in total. The van der Waals surface area contributed by atoms with E-state index in [1.807, 2.05) is 36.5 Å². The highest BCUT2D eigenvalue weighted by atomic mass is 32.1. The number of rotatable bonds is 5. The van der Waals surface area contributed by atoms with Gasteiger partial charge < -0.3 is 4.90 Å². The fourth-order valence-corrected chi connectivity index (χ4v) is 3.90. The lowest BCUT2D eigenvalue weighted by atomic mass is 10.3. The summed E-state index contributed by atoms with van der Waals surface area (Å²) >= 11 is 3.34. The van der Waals surface area contributed by atoms with Crippen molar-refractivity contribution < 1.29 is 4.92 Å². The third-order valence-corrected chi connectivity index (χ3v) is 5.56. The van der Waals surface area contributed by atoms with Gasteiger partial charge in [-0.15, -0.1) is 27.8 Å². The van der Waals surface area contributed by atoms with E-state index in [4.69, 9.17) is 0 Å². The number of anilines is 1. The van der Waals surface area contributed by atoms with E-state index in [1.54, 1.807) is 34.8 Å². The summed E-state index contributed by atoms with van der Waals surface area (Å²) in [5, 5.41) is 22.3. The highest BCUT2D eigenvalue weighted by molar-refractivity contribution is 7.24. The molecule has 1 aromatic carbocycles. The van der Waals surface area contributed by atoms with E-state index in [-0.39, 0.29) is 5.69 Å². The summed E-state index contributed by atoms with van der Waals surface area (Å²) in [7, 11) is 3.93. The van der Waals surface area contributed by atoms with Crippen molar-refractivity contribution in [1.82, 2.24) is 0 Å². The lowest BCUT2D eigenvalue weighted by Crippen LogP contribution is -2.06. The van der Waals surface area contributed by atoms with Gasteiger partial charge in [0.25, 0.3) is 5.69 Å². The highest BCUT2D eigenvalue weighted by Crippen LogP contribution is 2.43. The van der Waals surface area contributed by atoms with Gasteiger partial charge in [0, 0.05) is 36.0 Å². The highest BCUT2D eigenvalue weighted by Gasteiger charge is 2.13. The second-order valence-corrected chi connectivity index (χ2v) is 7.12. The summed E-state index contributed by atoms with van der Waals surface area (Å²) in [5.41, 5.74) is 1.40. The number of nitro groups is 1. The Morgan fingerprint density at radius 3 is 2.42 bits per heavy atom. The fraction of sp³-hybridized carbons (Fsp3) is 0.125. The van der Waals surface area contributed by atoms with E-state index in [2.05, 4.69) is 16.3 Å². The third-order valence-electron chi connectivity index (χ3n) is 3.20. The van der Waals surface area contributed by atoms with Crippen molar-refractivity contribution in [2.24, 2.45) is 10.2 Å². The molecule has 0 spiro atoms. The third kappa shape index (κ3) is 3.50. The molecule has 3 rings (SSSR count). The van der Waals surface area contributed by atoms with Crippen LogP contribution < -0.4 is 4.90 Å². The molecule has 0 fully saturated rings. The molecule has 0 bridgehead atoms. The number of azo groups is 1. The van der Waals surface area contributed by atoms with Gasteiger partial charge in [0.2, 0.25) is 0 Å². The summed E-state index contributed by atoms with van der Waals surface area (Å²) in [5.74, 6) is 0. The van der Waals surface area contributed by atoms with Crippen LogP contribution in [-0.4, -0.2) is 19.0 Å². The van der Waals surface area contributed by atoms with Gasteiger partial charge >= 0.3 is 0 Å². The Morgan fingerprint density at radius 1 is 1.08 bits per heavy atom. The summed E-state index contributed by atoms with van der Waals surface area (Å²) in [6.07, 6.45) is 0. The molecule has 0 atom stereocenters. The summed E-state index contributed by atoms with van der Waals surface area (Å²) in [6.45, 7) is 0. The number of nitro benzene ring substituents is 1. The number of thiophene rings is 2. The molecule has 3 aromatic rings. The van der Waals surface area contributed by atoms with Crippen LogP contribution in [0.25, 0.3) is 9.75 Å². The Bertz CT molecular complexity index is 868. The van der Waals surface area contributed by atoms with Crippen LogP contribution in [0, 0.1) is 10.1 Å². The smallest absolute Gasteiger partial charge is 0.269 e. The Kier molecular flexibility index (Phi) is 4.68. The normalized spacial score (nSPS) is 11.1. The van der Waals surface area contributed by atoms with Crippen LogP contribution in [-0.2, 0) is 0 Å². The van der Waals surface area contributed by atoms with Gasteiger partial charge in [0.1, 0.15) is 10.7 Å². The van der Waals surface area contributed by atoms with Crippen molar-refractivity contribution in [3.8, 4) is 9.75 Å². The molecule has 2 heterocycles. The van der Waals surface area contributed by atoms with E-state index in [0.717, 1.165) is 15.6 Å². The maximum atomic E-state index is 10.7. The molecule has 0 radical (unpaired) electrons. The lowest BCUT2D eigenvalue weighted by Gasteiger charge is -2.09. The fourth-order valence-electron chi connectivity index (χ4n) is 2.06. The van der Waals surface area contributed by atoms with Crippen molar-refractivity contribution >= 4 is 44.7 Å². The van der Waals surface area contributed by atoms with Gasteiger partial charge in [-0.3, -0.25) is 10.1 Å². The topological polar surface area (TPSA) is 71.1 Å². The molecule has 2 aromatic heterocycles. The molecule has 0 aliphatic rings. The molecule has 0 aliphatic heterocycles. The van der Waals surface area contributed by atoms with E-state index in [0.29, 0.717) is 5.69 Å². The molecular formula is C16H14N4O2S2. The zero-order valence-corrected chi connectivity index (χ0v) is 14.7. The van der Waals surface area contributed by atoms with Crippen LogP contribution in [0.15, 0.2) is 58.1 Å². The first-order valence-electron chi connectivity index (χ1n) is 7.06. The van der Waals surface area contributed by atoms with Crippen molar-refractivity contribution in [3.05, 3.63) is 58.0 Å². The number of nitrogens with zero attached hydrogens (tertiary/aromatic N) is 4. The largest absolute Gasteiger partial charge is 0.368 e. The number of benzene rings is 1. The first-order valence-corrected chi connectivity index (χ1v) is 8.75. The average molecular weight is 358 g/mol. The zero-order valence-electron chi connectivity index (χ0n) is 13.0. The molecule has 24 heavy (non-hydrogen) atoms. The second kappa shape index (κ2) is 6.90. The molecule has 0 aliphatic carbocycles. The average Bonchev–Trinajstić information content (AvgIpc) is 3.22. The maximum Gasteiger partial charge on any atom is 0.269 e. The van der Waals surface area contributed by atoms with Crippen molar-refractivity contribution in [2.75, 3.05) is 19.0 Å². The Labute approximate surface area is 146 Å². The van der Waals surface area contributed by atoms with Gasteiger partial charge in [-0.1, -0.05) is 6.07 Å². The number of hydrogen-bond acceptors (Lipinski definition) is 7. The SMILES string of the molecule is CN(C)c1sc(-c2cccs2)cc1N=Nc1ccc([N+](=O)[O-])cc1. The van der Waals surface area contributed by atoms with Crippen LogP contribution in [0.2, 0.25) is 0 Å². The van der Waals surface area contributed by atoms with E-state index < -0.39 is 4.92 Å². The van der Waals surface area contributed by atoms with E-state index >= 15 is 0 Å². The minimum atomic E-state index is -0.433. The van der Waals surface area contributed by atoms with Gasteiger partial charge in [0.15, 0.2) is 0 Å². The van der Waals surface area contributed by atoms with Gasteiger partial charge in [0.05, 0.1) is 10.6 Å². The van der Waals surface area contributed by atoms with Crippen LogP contribution >= 0.6 is 22.7 Å². The monoisotopic (exact) mass is 358 g/mol. The maximum absolute atomic E-state index is 10.7.